The maximum Gasteiger partial charge on any atom is 0.413 e. The Morgan fingerprint density at radius 3 is 2.85 bits per heavy atom. The molecule has 0 aromatic carbocycles. The predicted molar refractivity (Wildman–Crippen MR) is 75.0 cm³/mol. The Kier molecular flexibility index (Phi) is 4.84. The smallest absolute Gasteiger partial charge is 0.413 e. The summed E-state index contributed by atoms with van der Waals surface area (Å²) in [6, 6.07) is 1.27. The molecule has 0 fully saturated rings. The van der Waals surface area contributed by atoms with Gasteiger partial charge in [-0.25, -0.2) is 9.78 Å². The lowest BCUT2D eigenvalue weighted by atomic mass is 10.3. The van der Waals surface area contributed by atoms with E-state index in [1.165, 1.54) is 12.1 Å². The number of amides is 1. The molecule has 0 bridgehead atoms. The van der Waals surface area contributed by atoms with E-state index in [1.54, 1.807) is 6.92 Å². The summed E-state index contributed by atoms with van der Waals surface area (Å²) in [6.07, 6.45) is 0.289. The highest BCUT2D eigenvalue weighted by molar-refractivity contribution is 5.87. The predicted octanol–water partition coefficient (Wildman–Crippen LogP) is 1.67. The molecule has 108 valence electrons. The standard InChI is InChI=1S/C11H15N5O4/c1-3-5-13-7-6-8(15(4-2)11(17)18)14-10(12)9(7)16(19)20/h3,6H,1,4-5H2,2H3,(H,17,18)(H3,12,13,14). The molecule has 0 aliphatic rings. The number of anilines is 3. The number of hydrogen-bond donors (Lipinski definition) is 3. The molecule has 0 saturated heterocycles. The van der Waals surface area contributed by atoms with Crippen molar-refractivity contribution in [2.24, 2.45) is 0 Å². The van der Waals surface area contributed by atoms with Crippen molar-refractivity contribution in [3.8, 4) is 0 Å². The number of rotatable bonds is 6. The number of nitrogens with zero attached hydrogens (tertiary/aromatic N) is 3. The highest BCUT2D eigenvalue weighted by Gasteiger charge is 2.24. The van der Waals surface area contributed by atoms with Gasteiger partial charge in [0.2, 0.25) is 5.82 Å². The normalized spacial score (nSPS) is 9.85. The number of nitrogens with two attached hydrogens (primary N) is 1. The van der Waals surface area contributed by atoms with Crippen LogP contribution in [0.3, 0.4) is 0 Å². The second-order valence-electron chi connectivity index (χ2n) is 3.72. The average molecular weight is 281 g/mol. The van der Waals surface area contributed by atoms with Crippen molar-refractivity contribution >= 4 is 29.1 Å². The quantitative estimate of drug-likeness (QED) is 0.410. The van der Waals surface area contributed by atoms with E-state index in [0.29, 0.717) is 0 Å². The second kappa shape index (κ2) is 6.36. The first-order valence-electron chi connectivity index (χ1n) is 5.72. The Morgan fingerprint density at radius 2 is 2.40 bits per heavy atom. The van der Waals surface area contributed by atoms with Crippen LogP contribution in [-0.2, 0) is 0 Å². The van der Waals surface area contributed by atoms with Crippen LogP contribution in [0.4, 0.5) is 27.8 Å². The molecule has 9 nitrogen and oxygen atoms in total. The minimum Gasteiger partial charge on any atom is -0.465 e. The number of pyridine rings is 1. The van der Waals surface area contributed by atoms with Crippen LogP contribution >= 0.6 is 0 Å². The molecule has 0 atom stereocenters. The summed E-state index contributed by atoms with van der Waals surface area (Å²) in [5.74, 6) is -0.326. The third-order valence-electron chi connectivity index (χ3n) is 2.45. The van der Waals surface area contributed by atoms with Crippen molar-refractivity contribution in [3.05, 3.63) is 28.8 Å². The molecular formula is C11H15N5O4. The highest BCUT2D eigenvalue weighted by Crippen LogP contribution is 2.33. The molecule has 0 aliphatic carbocycles. The van der Waals surface area contributed by atoms with E-state index in [1.807, 2.05) is 0 Å². The summed E-state index contributed by atoms with van der Waals surface area (Å²) in [4.78, 5) is 26.1. The largest absolute Gasteiger partial charge is 0.465 e. The van der Waals surface area contributed by atoms with E-state index in [4.69, 9.17) is 10.8 Å². The molecule has 0 saturated carbocycles. The molecule has 4 N–H and O–H groups in total. The van der Waals surface area contributed by atoms with E-state index >= 15 is 0 Å². The molecule has 20 heavy (non-hydrogen) atoms. The molecule has 1 rings (SSSR count). The van der Waals surface area contributed by atoms with Gasteiger partial charge in [-0.05, 0) is 6.92 Å². The molecule has 0 unspecified atom stereocenters. The number of aromatic nitrogens is 1. The van der Waals surface area contributed by atoms with Gasteiger partial charge in [-0.3, -0.25) is 15.0 Å². The average Bonchev–Trinajstić information content (AvgIpc) is 2.35. The molecule has 0 aliphatic heterocycles. The molecule has 1 aromatic rings. The van der Waals surface area contributed by atoms with Gasteiger partial charge in [-0.15, -0.1) is 6.58 Å². The summed E-state index contributed by atoms with van der Waals surface area (Å²) < 4.78 is 0. The third kappa shape index (κ3) is 3.13. The topological polar surface area (TPSA) is 135 Å². The number of carbonyl (C=O) groups is 1. The van der Waals surface area contributed by atoms with Crippen molar-refractivity contribution in [1.82, 2.24) is 4.98 Å². The lowest BCUT2D eigenvalue weighted by molar-refractivity contribution is -0.383. The van der Waals surface area contributed by atoms with Gasteiger partial charge in [0.25, 0.3) is 0 Å². The Balaban J connectivity index is 3.36. The zero-order chi connectivity index (χ0) is 15.3. The molecule has 1 heterocycles. The highest BCUT2D eigenvalue weighted by atomic mass is 16.6. The molecule has 1 aromatic heterocycles. The third-order valence-corrected chi connectivity index (χ3v) is 2.45. The second-order valence-corrected chi connectivity index (χ2v) is 3.72. The molecule has 0 radical (unpaired) electrons. The van der Waals surface area contributed by atoms with E-state index in [2.05, 4.69) is 16.9 Å². The monoisotopic (exact) mass is 281 g/mol. The lowest BCUT2D eigenvalue weighted by Crippen LogP contribution is -2.30. The first-order chi connectivity index (χ1) is 9.42. The van der Waals surface area contributed by atoms with Crippen molar-refractivity contribution in [1.29, 1.82) is 0 Å². The Bertz CT molecular complexity index is 546. The van der Waals surface area contributed by atoms with Crippen LogP contribution in [0.15, 0.2) is 18.7 Å². The van der Waals surface area contributed by atoms with Crippen molar-refractivity contribution < 1.29 is 14.8 Å². The van der Waals surface area contributed by atoms with Crippen LogP contribution in [0.2, 0.25) is 0 Å². The summed E-state index contributed by atoms with van der Waals surface area (Å²) in [5, 5.41) is 22.8. The van der Waals surface area contributed by atoms with Crippen LogP contribution in [-0.4, -0.2) is 34.2 Å². The number of carboxylic acid groups (broad SMARTS) is 1. The molecule has 1 amide bonds. The number of hydrogen-bond acceptors (Lipinski definition) is 6. The Labute approximate surface area is 114 Å². The number of nitrogen functional groups attached to an aromatic ring is 1. The number of nitro groups is 1. The molecular weight excluding hydrogens is 266 g/mol. The van der Waals surface area contributed by atoms with Gasteiger partial charge in [0.05, 0.1) is 4.92 Å². The minimum absolute atomic E-state index is 0.0228. The van der Waals surface area contributed by atoms with Gasteiger partial charge in [0.1, 0.15) is 11.5 Å². The van der Waals surface area contributed by atoms with Crippen molar-refractivity contribution in [3.63, 3.8) is 0 Å². The summed E-state index contributed by atoms with van der Waals surface area (Å²) in [6.45, 7) is 5.51. The fourth-order valence-electron chi connectivity index (χ4n) is 1.59. The van der Waals surface area contributed by atoms with Gasteiger partial charge in [-0.1, -0.05) is 6.08 Å². The first-order valence-corrected chi connectivity index (χ1v) is 5.72. The Morgan fingerprint density at radius 1 is 1.75 bits per heavy atom. The summed E-state index contributed by atoms with van der Waals surface area (Å²) in [5.41, 5.74) is 5.25. The van der Waals surface area contributed by atoms with E-state index in [9.17, 15) is 14.9 Å². The maximum atomic E-state index is 11.1. The summed E-state index contributed by atoms with van der Waals surface area (Å²) in [7, 11) is 0. The molecule has 9 heteroatoms. The van der Waals surface area contributed by atoms with Gasteiger partial charge in [0.15, 0.2) is 0 Å². The van der Waals surface area contributed by atoms with Crippen molar-refractivity contribution in [2.75, 3.05) is 29.0 Å². The van der Waals surface area contributed by atoms with E-state index in [-0.39, 0.29) is 30.4 Å². The van der Waals surface area contributed by atoms with Crippen LogP contribution in [0.25, 0.3) is 0 Å². The van der Waals surface area contributed by atoms with Crippen molar-refractivity contribution in [2.45, 2.75) is 6.92 Å². The van der Waals surface area contributed by atoms with E-state index in [0.717, 1.165) is 4.90 Å². The van der Waals surface area contributed by atoms with Gasteiger partial charge in [-0.2, -0.15) is 0 Å². The fraction of sp³-hybridized carbons (Fsp3) is 0.273. The fourth-order valence-corrected chi connectivity index (χ4v) is 1.59. The van der Waals surface area contributed by atoms with Gasteiger partial charge >= 0.3 is 11.8 Å². The van der Waals surface area contributed by atoms with Crippen LogP contribution in [0.1, 0.15) is 6.92 Å². The van der Waals surface area contributed by atoms with Gasteiger partial charge in [0, 0.05) is 19.2 Å². The number of nitrogens with one attached hydrogen (secondary N) is 1. The molecule has 0 spiro atoms. The Hall–Kier alpha value is -2.84. The zero-order valence-corrected chi connectivity index (χ0v) is 10.9. The van der Waals surface area contributed by atoms with Crippen LogP contribution in [0, 0.1) is 10.1 Å². The SMILES string of the molecule is C=CCNc1cc(N(CC)C(=O)O)nc(N)c1[N+](=O)[O-]. The van der Waals surface area contributed by atoms with E-state index < -0.39 is 16.7 Å². The van der Waals surface area contributed by atoms with Crippen LogP contribution < -0.4 is 16.0 Å². The lowest BCUT2D eigenvalue weighted by Gasteiger charge is -2.17. The first kappa shape index (κ1) is 15.2. The minimum atomic E-state index is -1.22. The van der Waals surface area contributed by atoms with Gasteiger partial charge < -0.3 is 16.2 Å². The van der Waals surface area contributed by atoms with Crippen LogP contribution in [0.5, 0.6) is 0 Å². The zero-order valence-electron chi connectivity index (χ0n) is 10.9. The maximum absolute atomic E-state index is 11.1. The summed E-state index contributed by atoms with van der Waals surface area (Å²) >= 11 is 0.